The van der Waals surface area contributed by atoms with Crippen molar-refractivity contribution in [3.05, 3.63) is 46.0 Å². The molecule has 2 N–H and O–H groups in total. The Morgan fingerprint density at radius 3 is 2.33 bits per heavy atom. The minimum Gasteiger partial charge on any atom is -0.329 e. The highest BCUT2D eigenvalue weighted by molar-refractivity contribution is 9.10. The van der Waals surface area contributed by atoms with Crippen molar-refractivity contribution in [2.24, 2.45) is 5.73 Å². The first-order chi connectivity index (χ1) is 8.38. The molecular weight excluding hydrogens is 315 g/mol. The zero-order valence-electron chi connectivity index (χ0n) is 8.78. The van der Waals surface area contributed by atoms with Gasteiger partial charge in [0.2, 0.25) is 0 Å². The van der Waals surface area contributed by atoms with E-state index >= 15 is 0 Å². The molecule has 2 aromatic rings. The van der Waals surface area contributed by atoms with Gasteiger partial charge >= 0.3 is 12.1 Å². The Hall–Kier alpha value is -1.41. The molecule has 2 rings (SSSR count). The van der Waals surface area contributed by atoms with Gasteiger partial charge in [0.15, 0.2) is 5.82 Å². The van der Waals surface area contributed by atoms with Crippen LogP contribution in [-0.2, 0) is 6.18 Å². The number of benzene rings is 1. The molecule has 1 atom stereocenters. The second-order valence-electron chi connectivity index (χ2n) is 3.48. The summed E-state index contributed by atoms with van der Waals surface area (Å²) in [7, 11) is 0. The maximum atomic E-state index is 12.3. The van der Waals surface area contributed by atoms with Crippen LogP contribution in [0.4, 0.5) is 13.2 Å². The lowest BCUT2D eigenvalue weighted by Crippen LogP contribution is -2.14. The fourth-order valence-electron chi connectivity index (χ4n) is 1.30. The van der Waals surface area contributed by atoms with E-state index in [-0.39, 0.29) is 5.82 Å². The van der Waals surface area contributed by atoms with Crippen molar-refractivity contribution in [3.63, 3.8) is 0 Å². The fourth-order valence-corrected chi connectivity index (χ4v) is 1.56. The molecule has 0 aliphatic heterocycles. The van der Waals surface area contributed by atoms with Crippen LogP contribution in [0.3, 0.4) is 0 Å². The first-order valence-electron chi connectivity index (χ1n) is 4.80. The van der Waals surface area contributed by atoms with E-state index in [9.17, 15) is 13.2 Å². The normalized spacial score (nSPS) is 13.6. The Morgan fingerprint density at radius 1 is 1.22 bits per heavy atom. The van der Waals surface area contributed by atoms with Gasteiger partial charge in [-0.25, -0.2) is 0 Å². The van der Waals surface area contributed by atoms with Crippen LogP contribution in [0, 0.1) is 0 Å². The Morgan fingerprint density at radius 2 is 1.83 bits per heavy atom. The third-order valence-corrected chi connectivity index (χ3v) is 2.72. The highest BCUT2D eigenvalue weighted by Crippen LogP contribution is 2.29. The van der Waals surface area contributed by atoms with Crippen LogP contribution in [0.2, 0.25) is 0 Å². The molecule has 0 bridgehead atoms. The molecule has 0 saturated heterocycles. The Kier molecular flexibility index (Phi) is 3.40. The standard InChI is InChI=1S/C10H7BrF3N3O/c11-6-3-1-5(2-4-6)7(15)8-16-9(18-17-8)10(12,13)14/h1-4,7H,15H2. The van der Waals surface area contributed by atoms with Crippen molar-refractivity contribution >= 4 is 15.9 Å². The summed E-state index contributed by atoms with van der Waals surface area (Å²) in [6.45, 7) is 0. The monoisotopic (exact) mass is 321 g/mol. The SMILES string of the molecule is NC(c1ccc(Br)cc1)c1noc(C(F)(F)F)n1. The maximum absolute atomic E-state index is 12.3. The van der Waals surface area contributed by atoms with Gasteiger partial charge < -0.3 is 10.3 Å². The van der Waals surface area contributed by atoms with Crippen LogP contribution in [-0.4, -0.2) is 10.1 Å². The third kappa shape index (κ3) is 2.70. The summed E-state index contributed by atoms with van der Waals surface area (Å²) in [5.41, 5.74) is 6.35. The Bertz CT molecular complexity index is 538. The first kappa shape index (κ1) is 13.0. The molecule has 1 aromatic heterocycles. The van der Waals surface area contributed by atoms with Crippen molar-refractivity contribution in [3.8, 4) is 0 Å². The summed E-state index contributed by atoms with van der Waals surface area (Å²) in [5.74, 6) is -1.60. The second kappa shape index (κ2) is 4.69. The van der Waals surface area contributed by atoms with Crippen LogP contribution in [0.1, 0.15) is 23.3 Å². The van der Waals surface area contributed by atoms with Crippen LogP contribution in [0.15, 0.2) is 33.3 Å². The number of hydrogen-bond acceptors (Lipinski definition) is 4. The van der Waals surface area contributed by atoms with E-state index < -0.39 is 18.1 Å². The van der Waals surface area contributed by atoms with Crippen molar-refractivity contribution in [1.82, 2.24) is 10.1 Å². The molecule has 1 heterocycles. The van der Waals surface area contributed by atoms with Gasteiger partial charge in [-0.05, 0) is 17.7 Å². The summed E-state index contributed by atoms with van der Waals surface area (Å²) in [6.07, 6.45) is -4.66. The van der Waals surface area contributed by atoms with E-state index in [0.717, 1.165) is 4.47 Å². The van der Waals surface area contributed by atoms with Gasteiger partial charge in [0.25, 0.3) is 0 Å². The largest absolute Gasteiger partial charge is 0.471 e. The zero-order valence-corrected chi connectivity index (χ0v) is 10.4. The number of alkyl halides is 3. The smallest absolute Gasteiger partial charge is 0.329 e. The number of hydrogen-bond donors (Lipinski definition) is 1. The molecule has 4 nitrogen and oxygen atoms in total. The van der Waals surface area contributed by atoms with Gasteiger partial charge in [0.1, 0.15) is 0 Å². The average Bonchev–Trinajstić information content (AvgIpc) is 2.78. The van der Waals surface area contributed by atoms with Gasteiger partial charge in [0, 0.05) is 4.47 Å². The van der Waals surface area contributed by atoms with E-state index in [4.69, 9.17) is 5.73 Å². The molecule has 18 heavy (non-hydrogen) atoms. The van der Waals surface area contributed by atoms with Crippen LogP contribution >= 0.6 is 15.9 Å². The third-order valence-electron chi connectivity index (χ3n) is 2.19. The lowest BCUT2D eigenvalue weighted by Gasteiger charge is -2.06. The molecule has 1 unspecified atom stereocenters. The predicted octanol–water partition coefficient (Wildman–Crippen LogP) is 2.90. The molecular formula is C10H7BrF3N3O. The molecule has 8 heteroatoms. The van der Waals surface area contributed by atoms with Crippen molar-refractivity contribution < 1.29 is 17.7 Å². The summed E-state index contributed by atoms with van der Waals surface area (Å²) in [6, 6.07) is 5.91. The topological polar surface area (TPSA) is 64.9 Å². The molecule has 96 valence electrons. The lowest BCUT2D eigenvalue weighted by molar-refractivity contribution is -0.159. The molecule has 1 aromatic carbocycles. The highest BCUT2D eigenvalue weighted by atomic mass is 79.9. The van der Waals surface area contributed by atoms with Gasteiger partial charge in [-0.15, -0.1) is 0 Å². The molecule has 0 aliphatic rings. The predicted molar refractivity (Wildman–Crippen MR) is 59.5 cm³/mol. The van der Waals surface area contributed by atoms with E-state index in [0.29, 0.717) is 5.56 Å². The van der Waals surface area contributed by atoms with Gasteiger partial charge in [-0.1, -0.05) is 33.2 Å². The van der Waals surface area contributed by atoms with Crippen LogP contribution < -0.4 is 5.73 Å². The number of halogens is 4. The first-order valence-corrected chi connectivity index (χ1v) is 5.59. The fraction of sp³-hybridized carbons (Fsp3) is 0.200. The number of nitrogens with two attached hydrogens (primary N) is 1. The second-order valence-corrected chi connectivity index (χ2v) is 4.40. The van der Waals surface area contributed by atoms with E-state index in [1.54, 1.807) is 24.3 Å². The van der Waals surface area contributed by atoms with Crippen LogP contribution in [0.25, 0.3) is 0 Å². The van der Waals surface area contributed by atoms with Gasteiger partial charge in [-0.2, -0.15) is 18.2 Å². The zero-order chi connectivity index (χ0) is 13.3. The lowest BCUT2D eigenvalue weighted by atomic mass is 10.1. The summed E-state index contributed by atoms with van der Waals surface area (Å²) in [4.78, 5) is 3.24. The molecule has 0 aliphatic carbocycles. The van der Waals surface area contributed by atoms with E-state index in [1.165, 1.54) is 0 Å². The number of nitrogens with zero attached hydrogens (tertiary/aromatic N) is 2. The van der Waals surface area contributed by atoms with Gasteiger partial charge in [-0.3, -0.25) is 0 Å². The van der Waals surface area contributed by atoms with Crippen molar-refractivity contribution in [2.45, 2.75) is 12.2 Å². The van der Waals surface area contributed by atoms with Gasteiger partial charge in [0.05, 0.1) is 6.04 Å². The van der Waals surface area contributed by atoms with Crippen LogP contribution in [0.5, 0.6) is 0 Å². The van der Waals surface area contributed by atoms with Crippen molar-refractivity contribution in [2.75, 3.05) is 0 Å². The minimum absolute atomic E-state index is 0.204. The molecule has 0 saturated carbocycles. The van der Waals surface area contributed by atoms with Crippen molar-refractivity contribution in [1.29, 1.82) is 0 Å². The van der Waals surface area contributed by atoms with E-state index in [1.807, 2.05) is 0 Å². The molecule has 0 fully saturated rings. The average molecular weight is 322 g/mol. The summed E-state index contributed by atoms with van der Waals surface area (Å²) in [5, 5.41) is 3.24. The number of aromatic nitrogens is 2. The van der Waals surface area contributed by atoms with E-state index in [2.05, 4.69) is 30.6 Å². The molecule has 0 amide bonds. The highest BCUT2D eigenvalue weighted by Gasteiger charge is 2.39. The molecule has 0 radical (unpaired) electrons. The quantitative estimate of drug-likeness (QED) is 0.923. The summed E-state index contributed by atoms with van der Waals surface area (Å²) < 4.78 is 41.8. The summed E-state index contributed by atoms with van der Waals surface area (Å²) >= 11 is 3.24. The molecule has 0 spiro atoms. The minimum atomic E-state index is -4.66. The Balaban J connectivity index is 2.26. The maximum Gasteiger partial charge on any atom is 0.471 e. The number of rotatable bonds is 2. The Labute approximate surface area is 108 Å².